The third-order valence-corrected chi connectivity index (χ3v) is 4.91. The fourth-order valence-electron chi connectivity index (χ4n) is 2.06. The molecule has 0 bridgehead atoms. The second kappa shape index (κ2) is 7.34. The Hall–Kier alpha value is -1.89. The highest BCUT2D eigenvalue weighted by molar-refractivity contribution is 9.10. The van der Waals surface area contributed by atoms with Crippen molar-refractivity contribution in [3.05, 3.63) is 62.9 Å². The highest BCUT2D eigenvalue weighted by Gasteiger charge is 2.12. The molecular formula is C17H12BrClN2O2S. The Morgan fingerprint density at radius 2 is 2.00 bits per heavy atom. The Kier molecular flexibility index (Phi) is 5.18. The number of hydrogen-bond acceptors (Lipinski definition) is 4. The molecule has 3 rings (SSSR count). The molecule has 1 amide bonds. The normalized spacial score (nSPS) is 10.5. The van der Waals surface area contributed by atoms with E-state index in [1.165, 1.54) is 11.3 Å². The van der Waals surface area contributed by atoms with Gasteiger partial charge in [0, 0.05) is 21.5 Å². The summed E-state index contributed by atoms with van der Waals surface area (Å²) in [6, 6.07) is 12.5. The smallest absolute Gasteiger partial charge is 0.257 e. The van der Waals surface area contributed by atoms with Crippen molar-refractivity contribution in [2.75, 3.05) is 12.4 Å². The first-order valence-electron chi connectivity index (χ1n) is 6.93. The molecular weight excluding hydrogens is 412 g/mol. The van der Waals surface area contributed by atoms with Gasteiger partial charge >= 0.3 is 0 Å². The summed E-state index contributed by atoms with van der Waals surface area (Å²) >= 11 is 10.6. The van der Waals surface area contributed by atoms with E-state index in [1.807, 2.05) is 29.6 Å². The van der Waals surface area contributed by atoms with Gasteiger partial charge in [-0.25, -0.2) is 4.98 Å². The molecule has 0 saturated carbocycles. The minimum absolute atomic E-state index is 0.227. The topological polar surface area (TPSA) is 51.2 Å². The van der Waals surface area contributed by atoms with Gasteiger partial charge in [0.05, 0.1) is 17.3 Å². The summed E-state index contributed by atoms with van der Waals surface area (Å²) in [4.78, 5) is 16.8. The number of halogens is 2. The van der Waals surface area contributed by atoms with Crippen molar-refractivity contribution in [1.82, 2.24) is 4.98 Å². The van der Waals surface area contributed by atoms with Crippen molar-refractivity contribution < 1.29 is 9.53 Å². The van der Waals surface area contributed by atoms with Crippen molar-refractivity contribution >= 4 is 49.9 Å². The third-order valence-electron chi connectivity index (χ3n) is 3.28. The zero-order chi connectivity index (χ0) is 17.1. The number of anilines is 1. The van der Waals surface area contributed by atoms with Crippen LogP contribution in [-0.4, -0.2) is 18.0 Å². The molecule has 0 radical (unpaired) electrons. The molecule has 0 aliphatic heterocycles. The van der Waals surface area contributed by atoms with Crippen LogP contribution < -0.4 is 10.1 Å². The molecule has 0 atom stereocenters. The molecule has 0 unspecified atom stereocenters. The van der Waals surface area contributed by atoms with Crippen LogP contribution >= 0.6 is 38.9 Å². The molecule has 0 spiro atoms. The Labute approximate surface area is 156 Å². The first kappa shape index (κ1) is 17.0. The van der Waals surface area contributed by atoms with Crippen molar-refractivity contribution in [3.63, 3.8) is 0 Å². The zero-order valence-electron chi connectivity index (χ0n) is 12.5. The van der Waals surface area contributed by atoms with E-state index in [1.54, 1.807) is 25.3 Å². The third kappa shape index (κ3) is 3.77. The number of methoxy groups -OCH3 is 1. The van der Waals surface area contributed by atoms with E-state index in [2.05, 4.69) is 26.2 Å². The maximum Gasteiger partial charge on any atom is 0.257 e. The number of benzene rings is 2. The van der Waals surface area contributed by atoms with Crippen molar-refractivity contribution in [3.8, 4) is 17.0 Å². The predicted octanol–water partition coefficient (Wildman–Crippen LogP) is 5.49. The molecule has 2 aromatic carbocycles. The molecule has 1 N–H and O–H groups in total. The van der Waals surface area contributed by atoms with E-state index < -0.39 is 0 Å². The van der Waals surface area contributed by atoms with Crippen LogP contribution in [0.1, 0.15) is 10.4 Å². The maximum absolute atomic E-state index is 12.3. The minimum atomic E-state index is -0.227. The fourth-order valence-corrected chi connectivity index (χ4v) is 3.44. The van der Waals surface area contributed by atoms with E-state index in [0.29, 0.717) is 21.5 Å². The Bertz CT molecular complexity index is 881. The number of nitrogens with zero attached hydrogens (tertiary/aromatic N) is 1. The van der Waals surface area contributed by atoms with Gasteiger partial charge in [-0.15, -0.1) is 11.3 Å². The number of carbonyl (C=O) groups excluding carboxylic acids is 1. The lowest BCUT2D eigenvalue weighted by atomic mass is 10.2. The monoisotopic (exact) mass is 422 g/mol. The second-order valence-electron chi connectivity index (χ2n) is 4.85. The average Bonchev–Trinajstić information content (AvgIpc) is 3.04. The number of carbonyl (C=O) groups is 1. The predicted molar refractivity (Wildman–Crippen MR) is 101 cm³/mol. The lowest BCUT2D eigenvalue weighted by molar-refractivity contribution is 0.102. The van der Waals surface area contributed by atoms with E-state index in [4.69, 9.17) is 16.3 Å². The van der Waals surface area contributed by atoms with Crippen LogP contribution in [0, 0.1) is 0 Å². The molecule has 1 aromatic heterocycles. The quantitative estimate of drug-likeness (QED) is 0.604. The summed E-state index contributed by atoms with van der Waals surface area (Å²) in [6.07, 6.45) is 0. The molecule has 0 aliphatic rings. The summed E-state index contributed by atoms with van der Waals surface area (Å²) in [7, 11) is 1.58. The number of nitrogens with one attached hydrogen (secondary N) is 1. The zero-order valence-corrected chi connectivity index (χ0v) is 15.7. The molecule has 3 aromatic rings. The number of amides is 1. The van der Waals surface area contributed by atoms with E-state index in [9.17, 15) is 4.79 Å². The summed E-state index contributed by atoms with van der Waals surface area (Å²) in [5.74, 6) is 0.446. The number of hydrogen-bond donors (Lipinski definition) is 1. The lowest BCUT2D eigenvalue weighted by Gasteiger charge is -2.06. The number of ether oxygens (including phenoxy) is 1. The van der Waals surface area contributed by atoms with Gasteiger partial charge < -0.3 is 4.74 Å². The average molecular weight is 424 g/mol. The van der Waals surface area contributed by atoms with Crippen LogP contribution in [0.5, 0.6) is 5.75 Å². The largest absolute Gasteiger partial charge is 0.496 e. The summed E-state index contributed by atoms with van der Waals surface area (Å²) in [5.41, 5.74) is 2.26. The fraction of sp³-hybridized carbons (Fsp3) is 0.0588. The van der Waals surface area contributed by atoms with Gasteiger partial charge in [0.25, 0.3) is 5.91 Å². The van der Waals surface area contributed by atoms with E-state index >= 15 is 0 Å². The number of thiazole rings is 1. The van der Waals surface area contributed by atoms with Gasteiger partial charge in [0.15, 0.2) is 5.13 Å². The van der Waals surface area contributed by atoms with Gasteiger partial charge in [-0.1, -0.05) is 23.7 Å². The van der Waals surface area contributed by atoms with Crippen LogP contribution in [0.25, 0.3) is 11.3 Å². The number of aromatic nitrogens is 1. The molecule has 24 heavy (non-hydrogen) atoms. The summed E-state index contributed by atoms with van der Waals surface area (Å²) in [5, 5.41) is 5.91. The highest BCUT2D eigenvalue weighted by atomic mass is 79.9. The SMILES string of the molecule is COc1ccc(C(=O)Nc2nc(-c3ccc(Cl)cc3)cs2)cc1Br. The summed E-state index contributed by atoms with van der Waals surface area (Å²) < 4.78 is 5.88. The first-order chi connectivity index (χ1) is 11.6. The Morgan fingerprint density at radius 1 is 1.25 bits per heavy atom. The van der Waals surface area contributed by atoms with Crippen LogP contribution in [-0.2, 0) is 0 Å². The van der Waals surface area contributed by atoms with E-state index in [-0.39, 0.29) is 5.91 Å². The van der Waals surface area contributed by atoms with Crippen LogP contribution in [0.2, 0.25) is 5.02 Å². The second-order valence-corrected chi connectivity index (χ2v) is 7.00. The van der Waals surface area contributed by atoms with Gasteiger partial charge in [-0.2, -0.15) is 0 Å². The molecule has 0 saturated heterocycles. The van der Waals surface area contributed by atoms with Crippen molar-refractivity contribution in [1.29, 1.82) is 0 Å². The van der Waals surface area contributed by atoms with Crippen LogP contribution in [0.4, 0.5) is 5.13 Å². The van der Waals surface area contributed by atoms with Gasteiger partial charge in [-0.05, 0) is 46.3 Å². The van der Waals surface area contributed by atoms with Crippen LogP contribution in [0.15, 0.2) is 52.3 Å². The van der Waals surface area contributed by atoms with Crippen molar-refractivity contribution in [2.45, 2.75) is 0 Å². The van der Waals surface area contributed by atoms with Gasteiger partial charge in [-0.3, -0.25) is 10.1 Å². The lowest BCUT2D eigenvalue weighted by Crippen LogP contribution is -2.11. The molecule has 7 heteroatoms. The molecule has 0 aliphatic carbocycles. The molecule has 0 fully saturated rings. The van der Waals surface area contributed by atoms with E-state index in [0.717, 1.165) is 15.7 Å². The molecule has 122 valence electrons. The van der Waals surface area contributed by atoms with Gasteiger partial charge in [0.1, 0.15) is 5.75 Å². The first-order valence-corrected chi connectivity index (χ1v) is 8.98. The molecule has 4 nitrogen and oxygen atoms in total. The standard InChI is InChI=1S/C17H12BrClN2O2S/c1-23-15-7-4-11(8-13(15)18)16(22)21-17-20-14(9-24-17)10-2-5-12(19)6-3-10/h2-9H,1H3,(H,20,21,22). The van der Waals surface area contributed by atoms with Gasteiger partial charge in [0.2, 0.25) is 0 Å². The highest BCUT2D eigenvalue weighted by Crippen LogP contribution is 2.28. The summed E-state index contributed by atoms with van der Waals surface area (Å²) in [6.45, 7) is 0. The van der Waals surface area contributed by atoms with Crippen LogP contribution in [0.3, 0.4) is 0 Å². The Balaban J connectivity index is 1.75. The molecule has 1 heterocycles. The minimum Gasteiger partial charge on any atom is -0.496 e. The number of rotatable bonds is 4. The van der Waals surface area contributed by atoms with Crippen molar-refractivity contribution in [2.24, 2.45) is 0 Å². The maximum atomic E-state index is 12.3. The Morgan fingerprint density at radius 3 is 2.67 bits per heavy atom.